The maximum atomic E-state index is 13.6. The lowest BCUT2D eigenvalue weighted by Crippen LogP contribution is -2.24. The standard InChI is InChI=1S/C17H20FNO2/c1-13(16-5-3-4-6-17(16)18)19-11-12-21-15-9-7-14(20-2)8-10-15/h3-10,13,19H,11-12H2,1-2H3. The van der Waals surface area contributed by atoms with E-state index in [4.69, 9.17) is 9.47 Å². The van der Waals surface area contributed by atoms with E-state index < -0.39 is 0 Å². The van der Waals surface area contributed by atoms with Crippen LogP contribution in [0.15, 0.2) is 48.5 Å². The van der Waals surface area contributed by atoms with Crippen LogP contribution in [0.5, 0.6) is 11.5 Å². The molecule has 0 saturated heterocycles. The highest BCUT2D eigenvalue weighted by atomic mass is 19.1. The Hall–Kier alpha value is -2.07. The number of nitrogens with one attached hydrogen (secondary N) is 1. The van der Waals surface area contributed by atoms with Crippen LogP contribution in [-0.2, 0) is 0 Å². The summed E-state index contributed by atoms with van der Waals surface area (Å²) in [7, 11) is 1.63. The fourth-order valence-corrected chi connectivity index (χ4v) is 2.05. The molecule has 21 heavy (non-hydrogen) atoms. The quantitative estimate of drug-likeness (QED) is 0.791. The summed E-state index contributed by atoms with van der Waals surface area (Å²) in [5.41, 5.74) is 0.668. The predicted molar refractivity (Wildman–Crippen MR) is 81.3 cm³/mol. The van der Waals surface area contributed by atoms with Gasteiger partial charge in [0.1, 0.15) is 23.9 Å². The van der Waals surface area contributed by atoms with Crippen molar-refractivity contribution in [2.24, 2.45) is 0 Å². The molecule has 2 aromatic rings. The summed E-state index contributed by atoms with van der Waals surface area (Å²) in [6, 6.07) is 14.2. The normalized spacial score (nSPS) is 12.0. The van der Waals surface area contributed by atoms with Gasteiger partial charge in [0.2, 0.25) is 0 Å². The van der Waals surface area contributed by atoms with Crippen molar-refractivity contribution in [3.63, 3.8) is 0 Å². The molecule has 4 heteroatoms. The topological polar surface area (TPSA) is 30.5 Å². The van der Waals surface area contributed by atoms with Gasteiger partial charge in [0.05, 0.1) is 7.11 Å². The molecule has 0 saturated carbocycles. The summed E-state index contributed by atoms with van der Waals surface area (Å²) in [4.78, 5) is 0. The van der Waals surface area contributed by atoms with Gasteiger partial charge >= 0.3 is 0 Å². The third-order valence-electron chi connectivity index (χ3n) is 3.25. The fraction of sp³-hybridized carbons (Fsp3) is 0.294. The van der Waals surface area contributed by atoms with Gasteiger partial charge < -0.3 is 14.8 Å². The summed E-state index contributed by atoms with van der Waals surface area (Å²) < 4.78 is 24.3. The average Bonchev–Trinajstić information content (AvgIpc) is 2.52. The summed E-state index contributed by atoms with van der Waals surface area (Å²) >= 11 is 0. The largest absolute Gasteiger partial charge is 0.497 e. The Kier molecular flexibility index (Phi) is 5.58. The zero-order chi connectivity index (χ0) is 15.1. The first-order valence-electron chi connectivity index (χ1n) is 6.95. The number of ether oxygens (including phenoxy) is 2. The van der Waals surface area contributed by atoms with Crippen LogP contribution in [0.4, 0.5) is 4.39 Å². The molecule has 0 aromatic heterocycles. The van der Waals surface area contributed by atoms with E-state index in [0.717, 1.165) is 11.5 Å². The molecule has 1 N–H and O–H groups in total. The summed E-state index contributed by atoms with van der Waals surface area (Å²) in [5, 5.41) is 3.24. The molecule has 0 aliphatic heterocycles. The van der Waals surface area contributed by atoms with Crippen molar-refractivity contribution < 1.29 is 13.9 Å². The van der Waals surface area contributed by atoms with Crippen LogP contribution in [0.2, 0.25) is 0 Å². The third-order valence-corrected chi connectivity index (χ3v) is 3.25. The second-order valence-corrected chi connectivity index (χ2v) is 4.72. The molecule has 0 heterocycles. The molecule has 0 radical (unpaired) electrons. The predicted octanol–water partition coefficient (Wildman–Crippen LogP) is 3.56. The van der Waals surface area contributed by atoms with Gasteiger partial charge in [0.15, 0.2) is 0 Å². The van der Waals surface area contributed by atoms with Gasteiger partial charge in [-0.25, -0.2) is 4.39 Å². The highest BCUT2D eigenvalue weighted by molar-refractivity contribution is 5.31. The fourth-order valence-electron chi connectivity index (χ4n) is 2.05. The lowest BCUT2D eigenvalue weighted by molar-refractivity contribution is 0.306. The van der Waals surface area contributed by atoms with Crippen LogP contribution in [0.25, 0.3) is 0 Å². The summed E-state index contributed by atoms with van der Waals surface area (Å²) in [6.45, 7) is 3.10. The number of rotatable bonds is 7. The summed E-state index contributed by atoms with van der Waals surface area (Å²) in [6.07, 6.45) is 0. The van der Waals surface area contributed by atoms with E-state index in [9.17, 15) is 4.39 Å². The second kappa shape index (κ2) is 7.64. The lowest BCUT2D eigenvalue weighted by atomic mass is 10.1. The first-order chi connectivity index (χ1) is 10.2. The minimum Gasteiger partial charge on any atom is -0.497 e. The Balaban J connectivity index is 1.75. The molecule has 1 atom stereocenters. The molecule has 1 unspecified atom stereocenters. The van der Waals surface area contributed by atoms with E-state index in [1.54, 1.807) is 19.2 Å². The van der Waals surface area contributed by atoms with Crippen molar-refractivity contribution in [1.29, 1.82) is 0 Å². The lowest BCUT2D eigenvalue weighted by Gasteiger charge is -2.15. The molecule has 0 aliphatic carbocycles. The average molecular weight is 289 g/mol. The van der Waals surface area contributed by atoms with Crippen LogP contribution < -0.4 is 14.8 Å². The van der Waals surface area contributed by atoms with Crippen molar-refractivity contribution in [3.8, 4) is 11.5 Å². The Morgan fingerprint density at radius 1 is 1.05 bits per heavy atom. The van der Waals surface area contributed by atoms with Crippen molar-refractivity contribution in [2.75, 3.05) is 20.3 Å². The SMILES string of the molecule is COc1ccc(OCCNC(C)c2ccccc2F)cc1. The van der Waals surface area contributed by atoms with E-state index >= 15 is 0 Å². The molecule has 112 valence electrons. The highest BCUT2D eigenvalue weighted by Gasteiger charge is 2.08. The summed E-state index contributed by atoms with van der Waals surface area (Å²) in [5.74, 6) is 1.40. The first kappa shape index (κ1) is 15.3. The molecule has 2 aromatic carbocycles. The first-order valence-corrected chi connectivity index (χ1v) is 6.95. The van der Waals surface area contributed by atoms with Gasteiger partial charge in [0.25, 0.3) is 0 Å². The van der Waals surface area contributed by atoms with Crippen LogP contribution in [0, 0.1) is 5.82 Å². The molecule has 0 bridgehead atoms. The Bertz CT molecular complexity index is 557. The molecule has 0 aliphatic rings. The monoisotopic (exact) mass is 289 g/mol. The van der Waals surface area contributed by atoms with Gasteiger partial charge in [-0.15, -0.1) is 0 Å². The molecule has 0 spiro atoms. The van der Waals surface area contributed by atoms with Crippen molar-refractivity contribution in [1.82, 2.24) is 5.32 Å². The third kappa shape index (κ3) is 4.46. The number of benzene rings is 2. The molecule has 3 nitrogen and oxygen atoms in total. The zero-order valence-electron chi connectivity index (χ0n) is 12.3. The van der Waals surface area contributed by atoms with Gasteiger partial charge in [0, 0.05) is 18.2 Å². The van der Waals surface area contributed by atoms with E-state index in [2.05, 4.69) is 5.32 Å². The van der Waals surface area contributed by atoms with E-state index in [0.29, 0.717) is 18.7 Å². The van der Waals surface area contributed by atoms with Crippen molar-refractivity contribution >= 4 is 0 Å². The van der Waals surface area contributed by atoms with Gasteiger partial charge in [-0.2, -0.15) is 0 Å². The Morgan fingerprint density at radius 2 is 1.71 bits per heavy atom. The molecular weight excluding hydrogens is 269 g/mol. The second-order valence-electron chi connectivity index (χ2n) is 4.72. The smallest absolute Gasteiger partial charge is 0.127 e. The number of hydrogen-bond donors (Lipinski definition) is 1. The van der Waals surface area contributed by atoms with Crippen LogP contribution in [0.3, 0.4) is 0 Å². The zero-order valence-corrected chi connectivity index (χ0v) is 12.3. The molecule has 0 amide bonds. The maximum Gasteiger partial charge on any atom is 0.127 e. The van der Waals surface area contributed by atoms with E-state index in [1.165, 1.54) is 6.07 Å². The number of methoxy groups -OCH3 is 1. The molecular formula is C17H20FNO2. The van der Waals surface area contributed by atoms with Crippen LogP contribution >= 0.6 is 0 Å². The van der Waals surface area contributed by atoms with E-state index in [1.807, 2.05) is 37.3 Å². The minimum absolute atomic E-state index is 0.0503. The van der Waals surface area contributed by atoms with Gasteiger partial charge in [-0.3, -0.25) is 0 Å². The van der Waals surface area contributed by atoms with E-state index in [-0.39, 0.29) is 11.9 Å². The number of hydrogen-bond acceptors (Lipinski definition) is 3. The number of halogens is 1. The van der Waals surface area contributed by atoms with Crippen molar-refractivity contribution in [2.45, 2.75) is 13.0 Å². The van der Waals surface area contributed by atoms with Crippen LogP contribution in [-0.4, -0.2) is 20.3 Å². The Morgan fingerprint density at radius 3 is 2.38 bits per heavy atom. The van der Waals surface area contributed by atoms with Crippen molar-refractivity contribution in [3.05, 3.63) is 59.9 Å². The van der Waals surface area contributed by atoms with Gasteiger partial charge in [-0.05, 0) is 37.3 Å². The Labute approximate surface area is 124 Å². The van der Waals surface area contributed by atoms with Crippen LogP contribution in [0.1, 0.15) is 18.5 Å². The molecule has 0 fully saturated rings. The minimum atomic E-state index is -0.187. The van der Waals surface area contributed by atoms with Gasteiger partial charge in [-0.1, -0.05) is 18.2 Å². The molecule has 2 rings (SSSR count). The maximum absolute atomic E-state index is 13.6. The highest BCUT2D eigenvalue weighted by Crippen LogP contribution is 2.17.